The number of amides is 3. The molecular formula is C46H51FN12O4. The number of aryl methyl sites for hydroxylation is 1. The summed E-state index contributed by atoms with van der Waals surface area (Å²) in [5.41, 5.74) is 7.88. The first-order chi connectivity index (χ1) is 30.6. The van der Waals surface area contributed by atoms with Crippen LogP contribution < -0.4 is 36.8 Å². The number of carbonyl (C=O) groups excluding carboxylic acids is 3. The number of piperazine rings is 1. The van der Waals surface area contributed by atoms with Gasteiger partial charge in [-0.1, -0.05) is 24.3 Å². The van der Waals surface area contributed by atoms with E-state index in [0.29, 0.717) is 41.4 Å². The molecule has 10 rings (SSSR count). The van der Waals surface area contributed by atoms with E-state index in [4.69, 9.17) is 0 Å². The van der Waals surface area contributed by atoms with Crippen molar-refractivity contribution in [3.05, 3.63) is 95.2 Å². The number of fused-ring (bicyclic) bond motifs is 2. The lowest BCUT2D eigenvalue weighted by Crippen LogP contribution is -2.49. The highest BCUT2D eigenvalue weighted by Gasteiger charge is 2.39. The maximum Gasteiger partial charge on any atom is 0.329 e. The number of carbonyl (C=O) groups is 3. The standard InChI is InChI=1S/C46H51FN12O4/c1-48-36-25-41(53-59-40(26-49-43(36)59)45(62)51-35-24-34(35)47)50-31-4-3-5-33(23-31)57-20-18-55(19-21-57)27-28-14-16-56(17-15-28)32-9-6-29(7-10-32)30-8-11-37-39(22-30)54(2)46(63)58(37)38-12-13-42(60)52-44(38)61/h3-11,22-23,25-26,28,34-35,38,48H,12-21,24,27H2,1-2H3,(H,50,53)(H,51,62)(H,52,60,61)/t34-,35+,38?/m0/s1. The van der Waals surface area contributed by atoms with E-state index in [-0.39, 0.29) is 23.7 Å². The topological polar surface area (TPSA) is 166 Å². The largest absolute Gasteiger partial charge is 0.385 e. The number of benzene rings is 3. The van der Waals surface area contributed by atoms with E-state index in [1.54, 1.807) is 18.7 Å². The Morgan fingerprint density at radius 2 is 1.60 bits per heavy atom. The smallest absolute Gasteiger partial charge is 0.329 e. The number of imide groups is 1. The molecule has 4 fully saturated rings. The van der Waals surface area contributed by atoms with Gasteiger partial charge in [0.05, 0.1) is 29.0 Å². The number of nitrogens with one attached hydrogen (secondary N) is 4. The number of anilines is 5. The summed E-state index contributed by atoms with van der Waals surface area (Å²) in [4.78, 5) is 62.4. The quantitative estimate of drug-likeness (QED) is 0.134. The van der Waals surface area contributed by atoms with Gasteiger partial charge in [-0.05, 0) is 78.8 Å². The van der Waals surface area contributed by atoms with Crippen LogP contribution in [-0.2, 0) is 16.6 Å². The van der Waals surface area contributed by atoms with Gasteiger partial charge in [0.15, 0.2) is 17.2 Å². The Bertz CT molecular complexity index is 2780. The average molecular weight is 855 g/mol. The van der Waals surface area contributed by atoms with Crippen LogP contribution in [0.2, 0.25) is 0 Å². The van der Waals surface area contributed by atoms with Gasteiger partial charge in [-0.2, -0.15) is 0 Å². The van der Waals surface area contributed by atoms with Crippen molar-refractivity contribution in [1.29, 1.82) is 0 Å². The summed E-state index contributed by atoms with van der Waals surface area (Å²) < 4.78 is 18.1. The first-order valence-corrected chi connectivity index (χ1v) is 21.9. The molecule has 6 aromatic rings. The zero-order valence-electron chi connectivity index (χ0n) is 35.4. The van der Waals surface area contributed by atoms with Crippen LogP contribution in [0.15, 0.2) is 83.8 Å². The SMILES string of the molecule is CNc1cc(Nc2cccc(N3CCN(CC4CCN(c5ccc(-c6ccc7c(c6)n(C)c(=O)n7C6CCC(=O)NC6=O)cc5)CC4)CC3)c2)nn2c(C(=O)N[C@@H]3C[C@@H]3F)cnc12. The zero-order valence-corrected chi connectivity index (χ0v) is 35.4. The highest BCUT2D eigenvalue weighted by Crippen LogP contribution is 2.32. The number of hydrogen-bond acceptors (Lipinski definition) is 11. The van der Waals surface area contributed by atoms with Gasteiger partial charge in [0.25, 0.3) is 5.91 Å². The van der Waals surface area contributed by atoms with E-state index in [0.717, 1.165) is 86.7 Å². The number of rotatable bonds is 11. The number of aromatic nitrogens is 5. The molecule has 1 saturated carbocycles. The molecule has 3 aliphatic heterocycles. The monoisotopic (exact) mass is 854 g/mol. The Labute approximate surface area is 363 Å². The highest BCUT2D eigenvalue weighted by atomic mass is 19.1. The Kier molecular flexibility index (Phi) is 10.6. The molecule has 3 aromatic heterocycles. The van der Waals surface area contributed by atoms with Crippen LogP contribution in [0.1, 0.15) is 48.6 Å². The maximum absolute atomic E-state index is 13.5. The molecule has 0 radical (unpaired) electrons. The molecule has 63 heavy (non-hydrogen) atoms. The predicted octanol–water partition coefficient (Wildman–Crippen LogP) is 4.69. The molecule has 0 bridgehead atoms. The number of piperidine rings is 2. The van der Waals surface area contributed by atoms with Gasteiger partial charge in [0.2, 0.25) is 11.8 Å². The summed E-state index contributed by atoms with van der Waals surface area (Å²) in [5, 5.41) is 16.3. The summed E-state index contributed by atoms with van der Waals surface area (Å²) in [5.74, 6) is 0.0512. The lowest BCUT2D eigenvalue weighted by molar-refractivity contribution is -0.135. The molecule has 4 aliphatic rings. The van der Waals surface area contributed by atoms with E-state index in [1.807, 2.05) is 36.4 Å². The van der Waals surface area contributed by atoms with E-state index in [2.05, 4.69) is 82.4 Å². The second-order valence-electron chi connectivity index (χ2n) is 17.2. The van der Waals surface area contributed by atoms with Gasteiger partial charge in [0.1, 0.15) is 12.2 Å². The van der Waals surface area contributed by atoms with Crippen molar-refractivity contribution in [2.45, 2.75) is 50.4 Å². The number of hydrogen-bond donors (Lipinski definition) is 4. The summed E-state index contributed by atoms with van der Waals surface area (Å²) in [6.07, 6.45) is 3.60. The summed E-state index contributed by atoms with van der Waals surface area (Å²) >= 11 is 0. The molecule has 0 spiro atoms. The van der Waals surface area contributed by atoms with Gasteiger partial charge < -0.3 is 25.8 Å². The van der Waals surface area contributed by atoms with Gasteiger partial charge in [-0.3, -0.25) is 33.7 Å². The molecule has 3 aromatic carbocycles. The lowest BCUT2D eigenvalue weighted by Gasteiger charge is -2.40. The predicted molar refractivity (Wildman–Crippen MR) is 241 cm³/mol. The fourth-order valence-electron chi connectivity index (χ4n) is 9.42. The first-order valence-electron chi connectivity index (χ1n) is 21.9. The van der Waals surface area contributed by atoms with E-state index in [1.165, 1.54) is 21.0 Å². The molecule has 16 nitrogen and oxygen atoms in total. The molecule has 3 amide bonds. The number of alkyl halides is 1. The van der Waals surface area contributed by atoms with Crippen molar-refractivity contribution in [3.63, 3.8) is 0 Å². The van der Waals surface area contributed by atoms with Crippen molar-refractivity contribution in [2.75, 3.05) is 73.3 Å². The average Bonchev–Trinajstić information content (AvgIpc) is 3.71. The third-order valence-corrected chi connectivity index (χ3v) is 13.2. The van der Waals surface area contributed by atoms with E-state index < -0.39 is 30.1 Å². The third-order valence-electron chi connectivity index (χ3n) is 13.2. The van der Waals surface area contributed by atoms with Crippen molar-refractivity contribution in [1.82, 2.24) is 39.3 Å². The fourth-order valence-corrected chi connectivity index (χ4v) is 9.42. The van der Waals surface area contributed by atoms with Gasteiger partial charge in [-0.25, -0.2) is 18.7 Å². The molecule has 1 aliphatic carbocycles. The highest BCUT2D eigenvalue weighted by molar-refractivity contribution is 6.00. The molecule has 3 saturated heterocycles. The minimum atomic E-state index is -1.00. The number of imidazole rings is 2. The van der Waals surface area contributed by atoms with Gasteiger partial charge >= 0.3 is 5.69 Å². The lowest BCUT2D eigenvalue weighted by atomic mass is 9.95. The van der Waals surface area contributed by atoms with Crippen molar-refractivity contribution in [3.8, 4) is 11.1 Å². The zero-order chi connectivity index (χ0) is 43.4. The van der Waals surface area contributed by atoms with Crippen molar-refractivity contribution < 1.29 is 18.8 Å². The normalized spacial score (nSPS) is 20.9. The van der Waals surface area contributed by atoms with Crippen LogP contribution in [0.5, 0.6) is 0 Å². The van der Waals surface area contributed by atoms with Crippen LogP contribution in [-0.4, -0.2) is 111 Å². The minimum absolute atomic E-state index is 0.209. The Morgan fingerprint density at radius 1 is 0.857 bits per heavy atom. The second kappa shape index (κ2) is 16.5. The number of nitrogens with zero attached hydrogens (tertiary/aromatic N) is 8. The van der Waals surface area contributed by atoms with E-state index in [9.17, 15) is 23.6 Å². The fraction of sp³-hybridized carbons (Fsp3) is 0.391. The maximum atomic E-state index is 13.5. The Morgan fingerprint density at radius 3 is 2.33 bits per heavy atom. The van der Waals surface area contributed by atoms with Gasteiger partial charge in [-0.15, -0.1) is 5.10 Å². The van der Waals surface area contributed by atoms with Gasteiger partial charge in [0, 0.05) is 95.9 Å². The minimum Gasteiger partial charge on any atom is -0.385 e. The molecule has 6 heterocycles. The second-order valence-corrected chi connectivity index (χ2v) is 17.2. The number of halogens is 1. The molecule has 3 atom stereocenters. The Balaban J connectivity index is 0.717. The first kappa shape index (κ1) is 40.3. The summed E-state index contributed by atoms with van der Waals surface area (Å²) in [6.45, 7) is 7.00. The molecule has 17 heteroatoms. The van der Waals surface area contributed by atoms with E-state index >= 15 is 0 Å². The molecular weight excluding hydrogens is 804 g/mol. The van der Waals surface area contributed by atoms with Crippen LogP contribution in [0.4, 0.5) is 33.0 Å². The third kappa shape index (κ3) is 7.96. The summed E-state index contributed by atoms with van der Waals surface area (Å²) in [6, 6.07) is 23.5. The molecule has 1 unspecified atom stereocenters. The molecule has 4 N–H and O–H groups in total. The van der Waals surface area contributed by atoms with Crippen LogP contribution in [0.3, 0.4) is 0 Å². The molecule has 326 valence electrons. The Hall–Kier alpha value is -6.75. The van der Waals surface area contributed by atoms with Crippen molar-refractivity contribution in [2.24, 2.45) is 13.0 Å². The van der Waals surface area contributed by atoms with Crippen LogP contribution in [0, 0.1) is 5.92 Å². The van der Waals surface area contributed by atoms with Crippen molar-refractivity contribution >= 4 is 63.0 Å². The van der Waals surface area contributed by atoms with Crippen LogP contribution >= 0.6 is 0 Å². The summed E-state index contributed by atoms with van der Waals surface area (Å²) in [7, 11) is 3.51. The van der Waals surface area contributed by atoms with Crippen LogP contribution in [0.25, 0.3) is 27.8 Å².